The third kappa shape index (κ3) is 6.31. The predicted molar refractivity (Wildman–Crippen MR) is 197 cm³/mol. The van der Waals surface area contributed by atoms with Crippen molar-refractivity contribution in [2.45, 2.75) is 63.1 Å². The number of piperidine rings is 1. The average Bonchev–Trinajstić information content (AvgIpc) is 3.37. The number of amides is 4. The normalized spacial score (nSPS) is 23.2. The van der Waals surface area contributed by atoms with Gasteiger partial charge in [0.2, 0.25) is 23.6 Å². The second kappa shape index (κ2) is 13.5. The van der Waals surface area contributed by atoms with Crippen LogP contribution >= 0.6 is 0 Å². The number of carbonyl (C=O) groups is 4. The standard InChI is InChI=1S/C41H40N6O7/c1-24(18-25-6-9-27(10-7-25)53-36-16-17-42-40(45-36)46-20-41(21-46)22-52-23-41)28-4-2-3-5-33(28)54-34-14-12-31(34)43-26-8-11-29-30(19-26)39(51)47(38(29)50)32-13-15-35(48)44-37(32)49/h2-11,16-17,19,24,31-32,34,43H,12-15,18,20-23H2,1H3,(H,44,48,49)/t24-,31-,32?,34-/m1/s1. The highest BCUT2D eigenvalue weighted by Gasteiger charge is 2.50. The smallest absolute Gasteiger partial charge is 0.262 e. The van der Waals surface area contributed by atoms with Crippen LogP contribution in [0.3, 0.4) is 0 Å². The average molecular weight is 729 g/mol. The Labute approximate surface area is 312 Å². The van der Waals surface area contributed by atoms with Crippen molar-refractivity contribution in [3.63, 3.8) is 0 Å². The molecule has 5 heterocycles. The van der Waals surface area contributed by atoms with Gasteiger partial charge in [-0.2, -0.15) is 4.98 Å². The highest BCUT2D eigenvalue weighted by atomic mass is 16.5. The summed E-state index contributed by atoms with van der Waals surface area (Å²) >= 11 is 0. The molecule has 0 radical (unpaired) electrons. The highest BCUT2D eigenvalue weighted by Crippen LogP contribution is 2.40. The van der Waals surface area contributed by atoms with Gasteiger partial charge in [0.1, 0.15) is 23.6 Å². The number of hydrogen-bond donors (Lipinski definition) is 2. The Morgan fingerprint density at radius 1 is 0.944 bits per heavy atom. The summed E-state index contributed by atoms with van der Waals surface area (Å²) in [6, 6.07) is 22.1. The molecule has 3 saturated heterocycles. The topological polar surface area (TPSA) is 152 Å². The van der Waals surface area contributed by atoms with Crippen LogP contribution in [-0.2, 0) is 20.7 Å². The Balaban J connectivity index is 0.807. The number of ether oxygens (including phenoxy) is 3. The summed E-state index contributed by atoms with van der Waals surface area (Å²) in [5.41, 5.74) is 3.76. The number of imide groups is 2. The summed E-state index contributed by atoms with van der Waals surface area (Å²) in [6.45, 7) is 5.64. The lowest BCUT2D eigenvalue weighted by Gasteiger charge is -2.54. The summed E-state index contributed by atoms with van der Waals surface area (Å²) in [5.74, 6) is 0.842. The van der Waals surface area contributed by atoms with Crippen molar-refractivity contribution in [1.82, 2.24) is 20.2 Å². The Morgan fingerprint density at radius 2 is 1.74 bits per heavy atom. The zero-order chi connectivity index (χ0) is 37.0. The second-order valence-corrected chi connectivity index (χ2v) is 15.1. The van der Waals surface area contributed by atoms with Gasteiger partial charge < -0.3 is 24.4 Å². The van der Waals surface area contributed by atoms with Crippen molar-refractivity contribution < 1.29 is 33.4 Å². The summed E-state index contributed by atoms with van der Waals surface area (Å²) in [7, 11) is 0. The van der Waals surface area contributed by atoms with Gasteiger partial charge in [-0.1, -0.05) is 37.3 Å². The van der Waals surface area contributed by atoms with Gasteiger partial charge in [-0.25, -0.2) is 4.98 Å². The summed E-state index contributed by atoms with van der Waals surface area (Å²) < 4.78 is 18.1. The molecule has 54 heavy (non-hydrogen) atoms. The van der Waals surface area contributed by atoms with E-state index >= 15 is 0 Å². The lowest BCUT2D eigenvalue weighted by atomic mass is 9.78. The molecule has 4 aliphatic heterocycles. The van der Waals surface area contributed by atoms with E-state index in [1.165, 1.54) is 5.56 Å². The molecule has 1 aliphatic carbocycles. The Hall–Kier alpha value is -5.82. The fourth-order valence-corrected chi connectivity index (χ4v) is 8.01. The number of nitrogens with one attached hydrogen (secondary N) is 2. The third-order valence-corrected chi connectivity index (χ3v) is 11.2. The Kier molecular flexibility index (Phi) is 8.52. The van der Waals surface area contributed by atoms with E-state index in [-0.39, 0.29) is 47.4 Å². The van der Waals surface area contributed by atoms with E-state index in [0.29, 0.717) is 23.3 Å². The van der Waals surface area contributed by atoms with Gasteiger partial charge in [0.15, 0.2) is 0 Å². The second-order valence-electron chi connectivity index (χ2n) is 15.1. The molecule has 3 aromatic carbocycles. The predicted octanol–water partition coefficient (Wildman–Crippen LogP) is 4.87. The fourth-order valence-electron chi connectivity index (χ4n) is 8.01. The van der Waals surface area contributed by atoms with Crippen LogP contribution in [-0.4, -0.2) is 83.0 Å². The zero-order valence-corrected chi connectivity index (χ0v) is 29.8. The molecule has 2 N–H and O–H groups in total. The highest BCUT2D eigenvalue weighted by molar-refractivity contribution is 6.23. The number of para-hydroxylation sites is 1. The number of fused-ring (bicyclic) bond motifs is 1. The van der Waals surface area contributed by atoms with Crippen LogP contribution in [0.2, 0.25) is 0 Å². The number of benzene rings is 3. The molecule has 1 spiro atoms. The largest absolute Gasteiger partial charge is 0.488 e. The molecule has 5 aliphatic rings. The molecule has 1 unspecified atom stereocenters. The van der Waals surface area contributed by atoms with Crippen LogP contribution in [0.4, 0.5) is 11.6 Å². The van der Waals surface area contributed by atoms with Crippen LogP contribution in [0.25, 0.3) is 0 Å². The maximum absolute atomic E-state index is 13.3. The van der Waals surface area contributed by atoms with Crippen LogP contribution < -0.4 is 25.0 Å². The lowest BCUT2D eigenvalue weighted by molar-refractivity contribution is -0.136. The van der Waals surface area contributed by atoms with Crippen molar-refractivity contribution in [2.75, 3.05) is 36.5 Å². The van der Waals surface area contributed by atoms with Crippen molar-refractivity contribution in [2.24, 2.45) is 5.41 Å². The SMILES string of the molecule is C[C@H](Cc1ccc(Oc2ccnc(N3CC4(COC4)C3)n2)cc1)c1ccccc1O[C@@H]1CC[C@H]1Nc1ccc2c(c1)C(=O)N(C1CCC(=O)NC1=O)C2=O. The van der Waals surface area contributed by atoms with Gasteiger partial charge in [0.25, 0.3) is 11.8 Å². The molecule has 276 valence electrons. The summed E-state index contributed by atoms with van der Waals surface area (Å²) in [5, 5.41) is 5.73. The van der Waals surface area contributed by atoms with Crippen molar-refractivity contribution in [3.8, 4) is 17.4 Å². The van der Waals surface area contributed by atoms with Crippen molar-refractivity contribution in [3.05, 3.63) is 101 Å². The first kappa shape index (κ1) is 34.0. The number of carbonyl (C=O) groups excluding carboxylic acids is 4. The van der Waals surface area contributed by atoms with Gasteiger partial charge in [-0.3, -0.25) is 29.4 Å². The van der Waals surface area contributed by atoms with Gasteiger partial charge in [-0.05, 0) is 79.1 Å². The Morgan fingerprint density at radius 3 is 2.48 bits per heavy atom. The van der Waals surface area contributed by atoms with Crippen LogP contribution in [0.1, 0.15) is 70.4 Å². The zero-order valence-electron chi connectivity index (χ0n) is 29.8. The minimum Gasteiger partial charge on any atom is -0.488 e. The molecule has 0 bridgehead atoms. The summed E-state index contributed by atoms with van der Waals surface area (Å²) in [6.07, 6.45) is 4.40. The van der Waals surface area contributed by atoms with Gasteiger partial charge in [0.05, 0.1) is 35.8 Å². The van der Waals surface area contributed by atoms with E-state index in [0.717, 1.165) is 61.8 Å². The Bertz CT molecular complexity index is 2150. The van der Waals surface area contributed by atoms with E-state index < -0.39 is 29.7 Å². The maximum Gasteiger partial charge on any atom is 0.262 e. The van der Waals surface area contributed by atoms with E-state index in [2.05, 4.69) is 50.6 Å². The van der Waals surface area contributed by atoms with E-state index in [1.54, 1.807) is 30.5 Å². The molecule has 1 aromatic heterocycles. The van der Waals surface area contributed by atoms with E-state index in [9.17, 15) is 19.2 Å². The summed E-state index contributed by atoms with van der Waals surface area (Å²) in [4.78, 5) is 62.7. The first-order chi connectivity index (χ1) is 26.2. The fraction of sp³-hybridized carbons (Fsp3) is 0.366. The van der Waals surface area contributed by atoms with E-state index in [1.807, 2.05) is 30.3 Å². The molecular weight excluding hydrogens is 688 g/mol. The van der Waals surface area contributed by atoms with Gasteiger partial charge in [-0.15, -0.1) is 0 Å². The number of nitrogens with zero attached hydrogens (tertiary/aromatic N) is 4. The molecule has 4 fully saturated rings. The van der Waals surface area contributed by atoms with Crippen molar-refractivity contribution >= 4 is 35.3 Å². The minimum absolute atomic E-state index is 0.00302. The number of aromatic nitrogens is 2. The van der Waals surface area contributed by atoms with E-state index in [4.69, 9.17) is 14.2 Å². The number of anilines is 2. The number of hydrogen-bond acceptors (Lipinski definition) is 11. The molecule has 1 saturated carbocycles. The van der Waals surface area contributed by atoms with Crippen LogP contribution in [0.5, 0.6) is 17.4 Å². The van der Waals surface area contributed by atoms with Gasteiger partial charge in [0, 0.05) is 37.5 Å². The molecule has 4 aromatic rings. The van der Waals surface area contributed by atoms with Gasteiger partial charge >= 0.3 is 0 Å². The first-order valence-electron chi connectivity index (χ1n) is 18.5. The first-order valence-corrected chi connectivity index (χ1v) is 18.5. The molecule has 13 nitrogen and oxygen atoms in total. The quantitative estimate of drug-likeness (QED) is 0.204. The third-order valence-electron chi connectivity index (χ3n) is 11.2. The molecule has 4 amide bonds. The molecular formula is C41H40N6O7. The maximum atomic E-state index is 13.3. The molecule has 13 heteroatoms. The lowest BCUT2D eigenvalue weighted by Crippen LogP contribution is -2.66. The minimum atomic E-state index is -0.998. The molecule has 9 rings (SSSR count). The van der Waals surface area contributed by atoms with Crippen LogP contribution in [0.15, 0.2) is 79.0 Å². The number of rotatable bonds is 11. The van der Waals surface area contributed by atoms with Crippen LogP contribution in [0, 0.1) is 5.41 Å². The molecule has 4 atom stereocenters. The van der Waals surface area contributed by atoms with Crippen molar-refractivity contribution in [1.29, 1.82) is 0 Å². The monoisotopic (exact) mass is 728 g/mol.